The van der Waals surface area contributed by atoms with Gasteiger partial charge in [-0.25, -0.2) is 9.59 Å². The van der Waals surface area contributed by atoms with Crippen LogP contribution in [0.15, 0.2) is 54.7 Å². The number of nitrogens with one attached hydrogen (secondary N) is 3. The van der Waals surface area contributed by atoms with Gasteiger partial charge in [-0.2, -0.15) is 0 Å². The summed E-state index contributed by atoms with van der Waals surface area (Å²) in [5.41, 5.74) is 2.28. The summed E-state index contributed by atoms with van der Waals surface area (Å²) in [6.45, 7) is 7.20. The highest BCUT2D eigenvalue weighted by Crippen LogP contribution is 2.20. The summed E-state index contributed by atoms with van der Waals surface area (Å²) in [5, 5.41) is 19.3. The first-order chi connectivity index (χ1) is 21.1. The van der Waals surface area contributed by atoms with Gasteiger partial charge in [-0.3, -0.25) is 14.6 Å². The smallest absolute Gasteiger partial charge is 0.326 e. The van der Waals surface area contributed by atoms with Crippen LogP contribution in [0.1, 0.15) is 57.3 Å². The van der Waals surface area contributed by atoms with Crippen molar-refractivity contribution in [2.75, 3.05) is 13.1 Å². The minimum atomic E-state index is -1.26. The molecule has 1 fully saturated rings. The summed E-state index contributed by atoms with van der Waals surface area (Å²) in [7, 11) is 0. The molecule has 3 heterocycles. The maximum atomic E-state index is 13.8. The first kappa shape index (κ1) is 32.5. The van der Waals surface area contributed by atoms with Crippen LogP contribution in [-0.2, 0) is 27.3 Å². The van der Waals surface area contributed by atoms with E-state index >= 15 is 0 Å². The molecule has 0 aliphatic carbocycles. The van der Waals surface area contributed by atoms with Crippen LogP contribution in [0.4, 0.5) is 4.79 Å². The molecule has 4 rings (SSSR count). The summed E-state index contributed by atoms with van der Waals surface area (Å²) >= 11 is 0. The molecule has 0 spiro atoms. The van der Waals surface area contributed by atoms with E-state index in [0.717, 1.165) is 42.3 Å². The molecule has 4 amide bonds. The third-order valence-electron chi connectivity index (χ3n) is 7.98. The van der Waals surface area contributed by atoms with E-state index in [9.17, 15) is 24.3 Å². The van der Waals surface area contributed by atoms with Gasteiger partial charge in [0.05, 0.1) is 6.54 Å². The predicted molar refractivity (Wildman–Crippen MR) is 168 cm³/mol. The van der Waals surface area contributed by atoms with Crippen molar-refractivity contribution >= 4 is 34.7 Å². The van der Waals surface area contributed by atoms with Crippen LogP contribution in [0, 0.1) is 12.8 Å². The molecule has 3 aromatic rings. The lowest BCUT2D eigenvalue weighted by atomic mass is 10.0. The number of pyridine rings is 1. The van der Waals surface area contributed by atoms with E-state index in [0.29, 0.717) is 25.2 Å². The Morgan fingerprint density at radius 3 is 2.18 bits per heavy atom. The van der Waals surface area contributed by atoms with Crippen molar-refractivity contribution in [1.82, 2.24) is 30.4 Å². The molecule has 0 unspecified atom stereocenters. The van der Waals surface area contributed by atoms with E-state index in [4.69, 9.17) is 0 Å². The maximum Gasteiger partial charge on any atom is 0.326 e. The van der Waals surface area contributed by atoms with Crippen molar-refractivity contribution < 1.29 is 24.3 Å². The molecule has 1 saturated heterocycles. The number of aliphatic carboxylic acids is 1. The zero-order valence-corrected chi connectivity index (χ0v) is 25.8. The monoisotopic (exact) mass is 604 g/mol. The Bertz CT molecular complexity index is 1430. The number of urea groups is 1. The summed E-state index contributed by atoms with van der Waals surface area (Å²) in [5.74, 6) is -2.25. The second kappa shape index (κ2) is 15.4. The highest BCUT2D eigenvalue weighted by atomic mass is 16.4. The molecule has 4 N–H and O–H groups in total. The molecule has 0 bridgehead atoms. The molecule has 236 valence electrons. The molecule has 1 aliphatic rings. The lowest BCUT2D eigenvalue weighted by Crippen LogP contribution is -2.58. The topological polar surface area (TPSA) is 146 Å². The number of fused-ring (bicyclic) bond motifs is 1. The second-order valence-corrected chi connectivity index (χ2v) is 12.0. The molecule has 1 aromatic carbocycles. The van der Waals surface area contributed by atoms with E-state index in [1.165, 1.54) is 0 Å². The number of carboxylic acids is 1. The van der Waals surface area contributed by atoms with E-state index in [1.54, 1.807) is 29.3 Å². The molecule has 2 aromatic heterocycles. The summed E-state index contributed by atoms with van der Waals surface area (Å²) in [4.78, 5) is 58.9. The van der Waals surface area contributed by atoms with Gasteiger partial charge in [0.15, 0.2) is 0 Å². The third-order valence-corrected chi connectivity index (χ3v) is 7.98. The summed E-state index contributed by atoms with van der Waals surface area (Å²) in [6, 6.07) is 11.4. The molecular weight excluding hydrogens is 560 g/mol. The average Bonchev–Trinajstić information content (AvgIpc) is 3.14. The number of aromatic nitrogens is 2. The first-order valence-electron chi connectivity index (χ1n) is 15.5. The molecular formula is C33H44N6O5. The van der Waals surface area contributed by atoms with Crippen molar-refractivity contribution in [1.29, 1.82) is 0 Å². The van der Waals surface area contributed by atoms with Crippen LogP contribution < -0.4 is 16.0 Å². The number of likely N-dealkylation sites (tertiary alicyclic amines) is 1. The van der Waals surface area contributed by atoms with Crippen LogP contribution >= 0.6 is 0 Å². The van der Waals surface area contributed by atoms with Gasteiger partial charge in [0.2, 0.25) is 11.8 Å². The van der Waals surface area contributed by atoms with E-state index in [2.05, 4.69) is 20.9 Å². The Balaban J connectivity index is 1.58. The lowest BCUT2D eigenvalue weighted by molar-refractivity contribution is -0.142. The second-order valence-electron chi connectivity index (χ2n) is 12.0. The van der Waals surface area contributed by atoms with Crippen LogP contribution in [0.2, 0.25) is 0 Å². The zero-order chi connectivity index (χ0) is 31.6. The number of carbonyl (C=O) groups is 4. The Kier molecular flexibility index (Phi) is 11.3. The van der Waals surface area contributed by atoms with Gasteiger partial charge in [-0.15, -0.1) is 0 Å². The third kappa shape index (κ3) is 8.81. The van der Waals surface area contributed by atoms with Gasteiger partial charge < -0.3 is 30.5 Å². The zero-order valence-electron chi connectivity index (χ0n) is 25.8. The molecule has 0 saturated carbocycles. The number of benzene rings is 1. The molecule has 1 aliphatic heterocycles. The first-order valence-corrected chi connectivity index (χ1v) is 15.5. The van der Waals surface area contributed by atoms with Gasteiger partial charge in [-0.1, -0.05) is 51.0 Å². The normalized spacial score (nSPS) is 15.7. The number of carbonyl (C=O) groups excluding carboxylic acids is 3. The SMILES string of the molecule is Cc1cc2ccccc2n1C[C@@H](NC(=O)[C@H](CC(C)C)NC(=O)N1CCCCCC1)C(=O)N[C@H](Cc1ccccn1)C(=O)O. The molecule has 11 heteroatoms. The number of nitrogens with zero attached hydrogens (tertiary/aromatic N) is 3. The highest BCUT2D eigenvalue weighted by Gasteiger charge is 2.32. The fourth-order valence-electron chi connectivity index (χ4n) is 5.66. The number of hydrogen-bond donors (Lipinski definition) is 4. The number of amides is 4. The number of hydrogen-bond acceptors (Lipinski definition) is 5. The van der Waals surface area contributed by atoms with Crippen molar-refractivity contribution in [3.63, 3.8) is 0 Å². The number of carboxylic acid groups (broad SMARTS) is 1. The van der Waals surface area contributed by atoms with Gasteiger partial charge >= 0.3 is 12.0 Å². The minimum Gasteiger partial charge on any atom is -0.480 e. The molecule has 11 nitrogen and oxygen atoms in total. The van der Waals surface area contributed by atoms with E-state index < -0.39 is 35.9 Å². The Morgan fingerprint density at radius 2 is 1.52 bits per heavy atom. The number of aryl methyl sites for hydroxylation is 1. The van der Waals surface area contributed by atoms with Gasteiger partial charge in [0.25, 0.3) is 0 Å². The maximum absolute atomic E-state index is 13.8. The fraction of sp³-hybridized carbons (Fsp3) is 0.485. The van der Waals surface area contributed by atoms with Crippen molar-refractivity contribution in [2.45, 2.75) is 84.0 Å². The number of para-hydroxylation sites is 1. The van der Waals surface area contributed by atoms with Gasteiger partial charge in [0, 0.05) is 42.6 Å². The minimum absolute atomic E-state index is 0.0179. The predicted octanol–water partition coefficient (Wildman–Crippen LogP) is 3.64. The highest BCUT2D eigenvalue weighted by molar-refractivity contribution is 5.93. The largest absolute Gasteiger partial charge is 0.480 e. The fourth-order valence-corrected chi connectivity index (χ4v) is 5.66. The van der Waals surface area contributed by atoms with Gasteiger partial charge in [-0.05, 0) is 61.8 Å². The molecule has 0 radical (unpaired) electrons. The quantitative estimate of drug-likeness (QED) is 0.248. The van der Waals surface area contributed by atoms with E-state index in [-0.39, 0.29) is 24.9 Å². The van der Waals surface area contributed by atoms with Gasteiger partial charge in [0.1, 0.15) is 18.1 Å². The Morgan fingerprint density at radius 1 is 0.864 bits per heavy atom. The van der Waals surface area contributed by atoms with Crippen LogP contribution in [0.3, 0.4) is 0 Å². The molecule has 44 heavy (non-hydrogen) atoms. The Hall–Kier alpha value is -4.41. The van der Waals surface area contributed by atoms with Crippen molar-refractivity contribution in [3.05, 3.63) is 66.1 Å². The summed E-state index contributed by atoms with van der Waals surface area (Å²) < 4.78 is 1.93. The average molecular weight is 605 g/mol. The Labute approximate surface area is 258 Å². The standard InChI is InChI=1S/C33H44N6O5/c1-22(2)18-26(37-33(44)38-16-10-4-5-11-17-38)30(40)36-28(21-39-23(3)19-24-12-6-7-14-29(24)39)31(41)35-27(32(42)43)20-25-13-8-9-15-34-25/h6-9,12-15,19,22,26-28H,4-5,10-11,16-18,20-21H2,1-3H3,(H,35,41)(H,36,40)(H,37,44)(H,42,43)/t26-,27+,28+/m0/s1. The van der Waals surface area contributed by atoms with Crippen LogP contribution in [0.25, 0.3) is 10.9 Å². The number of rotatable bonds is 12. The lowest BCUT2D eigenvalue weighted by Gasteiger charge is -2.28. The summed E-state index contributed by atoms with van der Waals surface area (Å²) in [6.07, 6.45) is 5.91. The van der Waals surface area contributed by atoms with E-state index in [1.807, 2.05) is 55.7 Å². The van der Waals surface area contributed by atoms with Crippen molar-refractivity contribution in [3.8, 4) is 0 Å². The van der Waals surface area contributed by atoms with Crippen LogP contribution in [-0.4, -0.2) is 74.6 Å². The molecule has 3 atom stereocenters. The van der Waals surface area contributed by atoms with Crippen molar-refractivity contribution in [2.24, 2.45) is 5.92 Å². The van der Waals surface area contributed by atoms with Crippen LogP contribution in [0.5, 0.6) is 0 Å².